The molecule has 1 aliphatic heterocycles. The number of aryl methyl sites for hydroxylation is 2. The van der Waals surface area contributed by atoms with Crippen LogP contribution in [-0.2, 0) is 16.6 Å². The van der Waals surface area contributed by atoms with E-state index in [0.29, 0.717) is 31.1 Å². The van der Waals surface area contributed by atoms with Crippen LogP contribution in [0.5, 0.6) is 5.75 Å². The third kappa shape index (κ3) is 3.92. The Balaban J connectivity index is 1.69. The van der Waals surface area contributed by atoms with Crippen LogP contribution in [0.15, 0.2) is 47.4 Å². The third-order valence-electron chi connectivity index (χ3n) is 4.88. The quantitative estimate of drug-likeness (QED) is 0.808. The molecular formula is C20H26N2O3S. The molecule has 0 radical (unpaired) electrons. The largest absolute Gasteiger partial charge is 0.496 e. The van der Waals surface area contributed by atoms with E-state index in [9.17, 15) is 8.42 Å². The molecule has 1 heterocycles. The molecule has 0 aromatic heterocycles. The zero-order valence-corrected chi connectivity index (χ0v) is 16.4. The second-order valence-electron chi connectivity index (χ2n) is 6.76. The number of sulfonamides is 1. The van der Waals surface area contributed by atoms with Crippen molar-refractivity contribution in [2.24, 2.45) is 0 Å². The number of hydrogen-bond donors (Lipinski definition) is 0. The maximum Gasteiger partial charge on any atom is 0.243 e. The normalized spacial score (nSPS) is 16.6. The van der Waals surface area contributed by atoms with Gasteiger partial charge in [-0.3, -0.25) is 4.90 Å². The first-order valence-corrected chi connectivity index (χ1v) is 10.3. The summed E-state index contributed by atoms with van der Waals surface area (Å²) in [7, 11) is -1.77. The molecule has 5 nitrogen and oxygen atoms in total. The summed E-state index contributed by atoms with van der Waals surface area (Å²) in [6, 6.07) is 13.6. The van der Waals surface area contributed by atoms with Crippen LogP contribution in [0, 0.1) is 13.8 Å². The standard InChI is InChI=1S/C20H26N2O3S/c1-16-8-9-17(2)20(14-16)26(23,24)22-12-10-21(11-13-22)15-18-6-4-5-7-19(18)25-3/h4-9,14H,10-13,15H2,1-3H3. The molecule has 3 rings (SSSR count). The van der Waals surface area contributed by atoms with E-state index in [0.717, 1.165) is 29.0 Å². The van der Waals surface area contributed by atoms with Crippen molar-refractivity contribution in [2.45, 2.75) is 25.3 Å². The third-order valence-corrected chi connectivity index (χ3v) is 6.92. The van der Waals surface area contributed by atoms with E-state index in [1.165, 1.54) is 0 Å². The van der Waals surface area contributed by atoms with Gasteiger partial charge in [0.15, 0.2) is 0 Å². The van der Waals surface area contributed by atoms with Gasteiger partial charge in [0, 0.05) is 38.3 Å². The van der Waals surface area contributed by atoms with E-state index in [1.807, 2.05) is 44.2 Å². The van der Waals surface area contributed by atoms with Crippen molar-refractivity contribution in [3.05, 3.63) is 59.2 Å². The molecule has 0 atom stereocenters. The zero-order chi connectivity index (χ0) is 18.7. The van der Waals surface area contributed by atoms with Crippen LogP contribution in [-0.4, -0.2) is 50.9 Å². The van der Waals surface area contributed by atoms with E-state index in [2.05, 4.69) is 11.0 Å². The van der Waals surface area contributed by atoms with Crippen molar-refractivity contribution >= 4 is 10.0 Å². The fourth-order valence-electron chi connectivity index (χ4n) is 3.33. The van der Waals surface area contributed by atoms with Gasteiger partial charge in [0.05, 0.1) is 12.0 Å². The summed E-state index contributed by atoms with van der Waals surface area (Å²) in [4.78, 5) is 2.70. The van der Waals surface area contributed by atoms with Gasteiger partial charge in [-0.05, 0) is 37.1 Å². The fourth-order valence-corrected chi connectivity index (χ4v) is 5.06. The Bertz CT molecular complexity index is 872. The smallest absolute Gasteiger partial charge is 0.243 e. The molecule has 0 bridgehead atoms. The van der Waals surface area contributed by atoms with Crippen LogP contribution < -0.4 is 4.74 Å². The zero-order valence-electron chi connectivity index (χ0n) is 15.6. The van der Waals surface area contributed by atoms with Crippen molar-refractivity contribution in [1.29, 1.82) is 0 Å². The van der Waals surface area contributed by atoms with Gasteiger partial charge in [-0.1, -0.05) is 30.3 Å². The monoisotopic (exact) mass is 374 g/mol. The molecule has 6 heteroatoms. The molecule has 140 valence electrons. The lowest BCUT2D eigenvalue weighted by Gasteiger charge is -2.34. The predicted molar refractivity (Wildman–Crippen MR) is 103 cm³/mol. The second-order valence-corrected chi connectivity index (χ2v) is 8.67. The summed E-state index contributed by atoms with van der Waals surface area (Å²) >= 11 is 0. The summed E-state index contributed by atoms with van der Waals surface area (Å²) in [6.07, 6.45) is 0. The Morgan fingerprint density at radius 3 is 2.38 bits per heavy atom. The molecule has 26 heavy (non-hydrogen) atoms. The van der Waals surface area contributed by atoms with Gasteiger partial charge in [0.1, 0.15) is 5.75 Å². The first kappa shape index (κ1) is 18.9. The lowest BCUT2D eigenvalue weighted by Crippen LogP contribution is -2.48. The van der Waals surface area contributed by atoms with Gasteiger partial charge in [-0.25, -0.2) is 8.42 Å². The number of piperazine rings is 1. The lowest BCUT2D eigenvalue weighted by atomic mass is 10.2. The fraction of sp³-hybridized carbons (Fsp3) is 0.400. The molecule has 2 aromatic rings. The van der Waals surface area contributed by atoms with E-state index in [1.54, 1.807) is 17.5 Å². The molecular weight excluding hydrogens is 348 g/mol. The molecule has 0 amide bonds. The first-order chi connectivity index (χ1) is 12.4. The minimum absolute atomic E-state index is 0.427. The number of methoxy groups -OCH3 is 1. The summed E-state index contributed by atoms with van der Waals surface area (Å²) < 4.78 is 33.0. The molecule has 1 fully saturated rings. The average Bonchev–Trinajstić information content (AvgIpc) is 2.64. The van der Waals surface area contributed by atoms with Crippen LogP contribution >= 0.6 is 0 Å². The maximum absolute atomic E-state index is 13.0. The lowest BCUT2D eigenvalue weighted by molar-refractivity contribution is 0.180. The number of hydrogen-bond acceptors (Lipinski definition) is 4. The van der Waals surface area contributed by atoms with Crippen molar-refractivity contribution in [3.8, 4) is 5.75 Å². The predicted octanol–water partition coefficient (Wildman–Crippen LogP) is 2.82. The average molecular weight is 375 g/mol. The number of benzene rings is 2. The highest BCUT2D eigenvalue weighted by molar-refractivity contribution is 7.89. The Morgan fingerprint density at radius 2 is 1.69 bits per heavy atom. The second kappa shape index (κ2) is 7.78. The van der Waals surface area contributed by atoms with Crippen LogP contribution in [0.1, 0.15) is 16.7 Å². The van der Waals surface area contributed by atoms with E-state index >= 15 is 0 Å². The van der Waals surface area contributed by atoms with Gasteiger partial charge in [-0.15, -0.1) is 0 Å². The van der Waals surface area contributed by atoms with E-state index in [-0.39, 0.29) is 0 Å². The summed E-state index contributed by atoms with van der Waals surface area (Å²) in [5.41, 5.74) is 2.89. The van der Waals surface area contributed by atoms with Crippen molar-refractivity contribution in [2.75, 3.05) is 33.3 Å². The van der Waals surface area contributed by atoms with Crippen molar-refractivity contribution in [3.63, 3.8) is 0 Å². The number of rotatable bonds is 5. The van der Waals surface area contributed by atoms with Gasteiger partial charge in [0.2, 0.25) is 10.0 Å². The van der Waals surface area contributed by atoms with Crippen LogP contribution in [0.4, 0.5) is 0 Å². The maximum atomic E-state index is 13.0. The molecule has 1 aliphatic rings. The Hall–Kier alpha value is -1.89. The van der Waals surface area contributed by atoms with Gasteiger partial charge >= 0.3 is 0 Å². The number of nitrogens with zero attached hydrogens (tertiary/aromatic N) is 2. The Morgan fingerprint density at radius 1 is 1.00 bits per heavy atom. The molecule has 0 saturated carbocycles. The minimum Gasteiger partial charge on any atom is -0.496 e. The van der Waals surface area contributed by atoms with E-state index in [4.69, 9.17) is 4.74 Å². The van der Waals surface area contributed by atoms with Crippen molar-refractivity contribution in [1.82, 2.24) is 9.21 Å². The molecule has 2 aromatic carbocycles. The molecule has 0 N–H and O–H groups in total. The number of ether oxygens (including phenoxy) is 1. The first-order valence-electron chi connectivity index (χ1n) is 8.83. The Labute approximate surface area is 156 Å². The summed E-state index contributed by atoms with van der Waals surface area (Å²) in [5, 5.41) is 0. The highest BCUT2D eigenvalue weighted by atomic mass is 32.2. The minimum atomic E-state index is -3.44. The molecule has 0 aliphatic carbocycles. The summed E-state index contributed by atoms with van der Waals surface area (Å²) in [5.74, 6) is 0.873. The van der Waals surface area contributed by atoms with Gasteiger partial charge in [0.25, 0.3) is 0 Å². The molecule has 1 saturated heterocycles. The van der Waals surface area contributed by atoms with Crippen molar-refractivity contribution < 1.29 is 13.2 Å². The highest BCUT2D eigenvalue weighted by Crippen LogP contribution is 2.24. The summed E-state index contributed by atoms with van der Waals surface area (Å²) in [6.45, 7) is 6.97. The van der Waals surface area contributed by atoms with Gasteiger partial charge in [-0.2, -0.15) is 4.31 Å². The SMILES string of the molecule is COc1ccccc1CN1CCN(S(=O)(=O)c2cc(C)ccc2C)CC1. The molecule has 0 spiro atoms. The highest BCUT2D eigenvalue weighted by Gasteiger charge is 2.29. The molecule has 0 unspecified atom stereocenters. The van der Waals surface area contributed by atoms with Crippen LogP contribution in [0.2, 0.25) is 0 Å². The Kier molecular flexibility index (Phi) is 5.65. The van der Waals surface area contributed by atoms with Gasteiger partial charge < -0.3 is 4.74 Å². The van der Waals surface area contributed by atoms with Crippen LogP contribution in [0.25, 0.3) is 0 Å². The van der Waals surface area contributed by atoms with E-state index < -0.39 is 10.0 Å². The topological polar surface area (TPSA) is 49.9 Å². The number of para-hydroxylation sites is 1. The van der Waals surface area contributed by atoms with Crippen LogP contribution in [0.3, 0.4) is 0 Å².